The predicted molar refractivity (Wildman–Crippen MR) is 199 cm³/mol. The Morgan fingerprint density at radius 2 is 0.891 bits per heavy atom. The van der Waals surface area contributed by atoms with Crippen LogP contribution in [0.5, 0.6) is 0 Å². The Bertz CT molecular complexity index is 2170. The third-order valence-electron chi connectivity index (χ3n) is 8.27. The van der Waals surface area contributed by atoms with Gasteiger partial charge in [-0.3, -0.25) is 0 Å². The fourth-order valence-electron chi connectivity index (χ4n) is 6.18. The molecule has 2 nitrogen and oxygen atoms in total. The Morgan fingerprint density at radius 1 is 0.391 bits per heavy atom. The molecule has 1 heterocycles. The molecule has 0 unspecified atom stereocenters. The minimum atomic E-state index is 0.732. The molecule has 8 aromatic rings. The number of hydrogen-bond donors (Lipinski definition) is 0. The fourth-order valence-corrected chi connectivity index (χ4v) is 7.45. The molecule has 0 aliphatic rings. The van der Waals surface area contributed by atoms with E-state index in [2.05, 4.69) is 174 Å². The Hall–Kier alpha value is -5.35. The summed E-state index contributed by atoms with van der Waals surface area (Å²) in [6.45, 7) is 0. The number of thiophene rings is 1. The van der Waals surface area contributed by atoms with Crippen LogP contribution in [0.1, 0.15) is 0 Å². The average molecular weight is 629 g/mol. The van der Waals surface area contributed by atoms with Crippen LogP contribution in [0, 0.1) is 0 Å². The lowest BCUT2D eigenvalue weighted by Crippen LogP contribution is -2.10. The molecule has 0 aliphatic carbocycles. The Morgan fingerprint density at radius 3 is 1.41 bits per heavy atom. The molecule has 0 amide bonds. The third kappa shape index (κ3) is 5.30. The number of nitrogens with zero attached hydrogens (tertiary/aromatic N) is 2. The first-order valence-electron chi connectivity index (χ1n) is 15.3. The summed E-state index contributed by atoms with van der Waals surface area (Å²) in [6, 6.07) is 62.1. The maximum atomic E-state index is 6.31. The molecule has 0 saturated heterocycles. The molecule has 0 N–H and O–H groups in total. The standard InChI is InChI=1S/C42H29ClN2S/c43-32-23-21-30(22-24-32)31-27-39(45(35-17-9-3-10-18-35)36-19-11-4-12-20-36)42-38-29-37(25-26-40(38)46-41(42)28-31)44(33-13-5-1-6-14-33)34-15-7-2-8-16-34/h1-29H. The molecule has 0 saturated carbocycles. The summed E-state index contributed by atoms with van der Waals surface area (Å²) in [5, 5.41) is 3.19. The van der Waals surface area contributed by atoms with Gasteiger partial charge < -0.3 is 9.80 Å². The number of hydrogen-bond acceptors (Lipinski definition) is 3. The van der Waals surface area contributed by atoms with E-state index < -0.39 is 0 Å². The highest BCUT2D eigenvalue weighted by molar-refractivity contribution is 7.26. The molecule has 0 fully saturated rings. The van der Waals surface area contributed by atoms with Crippen LogP contribution in [-0.4, -0.2) is 0 Å². The van der Waals surface area contributed by atoms with Crippen molar-refractivity contribution in [1.29, 1.82) is 0 Å². The topological polar surface area (TPSA) is 6.48 Å². The van der Waals surface area contributed by atoms with Gasteiger partial charge in [-0.15, -0.1) is 11.3 Å². The van der Waals surface area contributed by atoms with Crippen molar-refractivity contribution in [2.24, 2.45) is 0 Å². The minimum Gasteiger partial charge on any atom is -0.310 e. The van der Waals surface area contributed by atoms with E-state index in [0.29, 0.717) is 0 Å². The summed E-state index contributed by atoms with van der Waals surface area (Å²) in [7, 11) is 0. The zero-order valence-electron chi connectivity index (χ0n) is 24.9. The number of anilines is 6. The van der Waals surface area contributed by atoms with Gasteiger partial charge in [0.05, 0.1) is 5.69 Å². The summed E-state index contributed by atoms with van der Waals surface area (Å²) in [5.41, 5.74) is 8.98. The van der Waals surface area contributed by atoms with E-state index in [4.69, 9.17) is 11.6 Å². The highest BCUT2D eigenvalue weighted by Gasteiger charge is 2.21. The van der Waals surface area contributed by atoms with Gasteiger partial charge in [0.15, 0.2) is 0 Å². The van der Waals surface area contributed by atoms with Crippen molar-refractivity contribution in [3.8, 4) is 11.1 Å². The second-order valence-corrected chi connectivity index (χ2v) is 12.7. The van der Waals surface area contributed by atoms with E-state index in [0.717, 1.165) is 50.3 Å². The third-order valence-corrected chi connectivity index (χ3v) is 9.64. The molecule has 4 heteroatoms. The Balaban J connectivity index is 1.42. The van der Waals surface area contributed by atoms with Gasteiger partial charge in [-0.1, -0.05) is 96.5 Å². The van der Waals surface area contributed by atoms with Crippen molar-refractivity contribution in [3.63, 3.8) is 0 Å². The van der Waals surface area contributed by atoms with Gasteiger partial charge in [0.25, 0.3) is 0 Å². The van der Waals surface area contributed by atoms with E-state index in [9.17, 15) is 0 Å². The van der Waals surface area contributed by atoms with E-state index >= 15 is 0 Å². The second kappa shape index (κ2) is 12.2. The molecule has 8 rings (SSSR count). The number of para-hydroxylation sites is 4. The lowest BCUT2D eigenvalue weighted by Gasteiger charge is -2.27. The second-order valence-electron chi connectivity index (χ2n) is 11.2. The van der Waals surface area contributed by atoms with Gasteiger partial charge in [-0.05, 0) is 102 Å². The van der Waals surface area contributed by atoms with Crippen molar-refractivity contribution >= 4 is 77.2 Å². The molecule has 0 atom stereocenters. The maximum Gasteiger partial charge on any atom is 0.0560 e. The van der Waals surface area contributed by atoms with Gasteiger partial charge >= 0.3 is 0 Å². The van der Waals surface area contributed by atoms with Crippen LogP contribution in [0.3, 0.4) is 0 Å². The molecule has 1 aromatic heterocycles. The van der Waals surface area contributed by atoms with Gasteiger partial charge in [-0.25, -0.2) is 0 Å². The van der Waals surface area contributed by atoms with Crippen LogP contribution in [-0.2, 0) is 0 Å². The van der Waals surface area contributed by atoms with Crippen molar-refractivity contribution in [1.82, 2.24) is 0 Å². The van der Waals surface area contributed by atoms with Gasteiger partial charge in [0.1, 0.15) is 0 Å². The highest BCUT2D eigenvalue weighted by Crippen LogP contribution is 2.48. The van der Waals surface area contributed by atoms with Crippen LogP contribution in [0.2, 0.25) is 5.02 Å². The first kappa shape index (κ1) is 28.1. The van der Waals surface area contributed by atoms with Gasteiger partial charge in [0.2, 0.25) is 0 Å². The largest absolute Gasteiger partial charge is 0.310 e. The fraction of sp³-hybridized carbons (Fsp3) is 0. The van der Waals surface area contributed by atoms with Crippen molar-refractivity contribution in [2.75, 3.05) is 9.80 Å². The van der Waals surface area contributed by atoms with Crippen LogP contribution in [0.4, 0.5) is 34.1 Å². The van der Waals surface area contributed by atoms with Crippen LogP contribution in [0.15, 0.2) is 176 Å². The van der Waals surface area contributed by atoms with E-state index in [1.807, 2.05) is 23.5 Å². The van der Waals surface area contributed by atoms with Crippen LogP contribution >= 0.6 is 22.9 Å². The average Bonchev–Trinajstić information content (AvgIpc) is 3.49. The first-order chi connectivity index (χ1) is 22.7. The van der Waals surface area contributed by atoms with Gasteiger partial charge in [0, 0.05) is 53.6 Å². The van der Waals surface area contributed by atoms with Crippen LogP contribution < -0.4 is 9.80 Å². The zero-order chi connectivity index (χ0) is 30.9. The number of fused-ring (bicyclic) bond motifs is 3. The molecule has 0 bridgehead atoms. The molecular formula is C42H29ClN2S. The van der Waals surface area contributed by atoms with Gasteiger partial charge in [-0.2, -0.15) is 0 Å². The smallest absolute Gasteiger partial charge is 0.0560 e. The monoisotopic (exact) mass is 628 g/mol. The number of rotatable bonds is 7. The van der Waals surface area contributed by atoms with Crippen molar-refractivity contribution in [2.45, 2.75) is 0 Å². The first-order valence-corrected chi connectivity index (χ1v) is 16.5. The normalized spacial score (nSPS) is 11.2. The molecule has 46 heavy (non-hydrogen) atoms. The lowest BCUT2D eigenvalue weighted by atomic mass is 10.00. The molecule has 7 aromatic carbocycles. The lowest BCUT2D eigenvalue weighted by molar-refractivity contribution is 1.29. The number of halogens is 1. The molecule has 0 spiro atoms. The summed E-state index contributed by atoms with van der Waals surface area (Å²) in [4.78, 5) is 4.71. The Kier molecular flexibility index (Phi) is 7.47. The quantitative estimate of drug-likeness (QED) is 0.173. The molecule has 0 radical (unpaired) electrons. The summed E-state index contributed by atoms with van der Waals surface area (Å²) in [5.74, 6) is 0. The minimum absolute atomic E-state index is 0.732. The van der Waals surface area contributed by atoms with E-state index in [1.165, 1.54) is 20.2 Å². The Labute approximate surface area is 278 Å². The van der Waals surface area contributed by atoms with Crippen LogP contribution in [0.25, 0.3) is 31.3 Å². The molecule has 0 aliphatic heterocycles. The predicted octanol–water partition coefficient (Wildman–Crippen LogP) is 13.3. The highest BCUT2D eigenvalue weighted by atomic mass is 35.5. The van der Waals surface area contributed by atoms with E-state index in [-0.39, 0.29) is 0 Å². The summed E-state index contributed by atoms with van der Waals surface area (Å²) >= 11 is 8.14. The summed E-state index contributed by atoms with van der Waals surface area (Å²) in [6.07, 6.45) is 0. The van der Waals surface area contributed by atoms with Crippen molar-refractivity contribution < 1.29 is 0 Å². The SMILES string of the molecule is Clc1ccc(-c2cc(N(c3ccccc3)c3ccccc3)c3c(c2)sc2ccc(N(c4ccccc4)c4ccccc4)cc23)cc1. The molecular weight excluding hydrogens is 600 g/mol. The zero-order valence-corrected chi connectivity index (χ0v) is 26.5. The number of benzene rings is 7. The summed E-state index contributed by atoms with van der Waals surface area (Å²) < 4.78 is 2.48. The molecule has 220 valence electrons. The van der Waals surface area contributed by atoms with Crippen molar-refractivity contribution in [3.05, 3.63) is 181 Å². The maximum absolute atomic E-state index is 6.31. The van der Waals surface area contributed by atoms with E-state index in [1.54, 1.807) is 0 Å².